The first-order valence-corrected chi connectivity index (χ1v) is 7.71. The Kier molecular flexibility index (Phi) is 3.25. The van der Waals surface area contributed by atoms with Crippen LogP contribution in [0.3, 0.4) is 0 Å². The molecule has 1 aliphatic rings. The molecule has 0 unspecified atom stereocenters. The third-order valence-electron chi connectivity index (χ3n) is 4.21. The number of anilines is 2. The summed E-state index contributed by atoms with van der Waals surface area (Å²) in [6.07, 6.45) is 1.80. The minimum atomic E-state index is -0.167. The van der Waals surface area contributed by atoms with Gasteiger partial charge in [-0.1, -0.05) is 6.07 Å². The molecule has 7 heteroatoms. The van der Waals surface area contributed by atoms with Gasteiger partial charge >= 0.3 is 5.69 Å². The minimum Gasteiger partial charge on any atom is -0.366 e. The molecule has 2 aromatic heterocycles. The molecule has 0 radical (unpaired) electrons. The number of hydrogen-bond donors (Lipinski definition) is 2. The number of hydrogen-bond acceptors (Lipinski definition) is 5. The summed E-state index contributed by atoms with van der Waals surface area (Å²) < 4.78 is 0. The van der Waals surface area contributed by atoms with Crippen LogP contribution in [0.15, 0.2) is 35.3 Å². The molecular weight excluding hydrogens is 292 g/mol. The monoisotopic (exact) mass is 310 g/mol. The molecule has 0 spiro atoms. The first-order chi connectivity index (χ1) is 11.2. The summed E-state index contributed by atoms with van der Waals surface area (Å²) in [4.78, 5) is 30.6. The Morgan fingerprint density at radius 2 is 1.83 bits per heavy atom. The van der Waals surface area contributed by atoms with Crippen molar-refractivity contribution >= 4 is 22.7 Å². The number of aromatic amines is 2. The second-order valence-corrected chi connectivity index (χ2v) is 5.75. The van der Waals surface area contributed by atoms with Gasteiger partial charge in [-0.2, -0.15) is 0 Å². The number of aromatic nitrogens is 4. The van der Waals surface area contributed by atoms with Gasteiger partial charge in [0.2, 0.25) is 5.95 Å². The summed E-state index contributed by atoms with van der Waals surface area (Å²) in [5.74, 6) is 0.790. The van der Waals surface area contributed by atoms with E-state index in [1.807, 2.05) is 31.2 Å². The molecule has 1 aliphatic heterocycles. The van der Waals surface area contributed by atoms with Crippen molar-refractivity contribution in [3.63, 3.8) is 0 Å². The van der Waals surface area contributed by atoms with Crippen molar-refractivity contribution in [3.05, 3.63) is 46.6 Å². The van der Waals surface area contributed by atoms with Crippen LogP contribution in [0.1, 0.15) is 5.69 Å². The molecule has 1 fully saturated rings. The fourth-order valence-electron chi connectivity index (χ4n) is 3.04. The molecule has 0 saturated carbocycles. The number of imidazole rings is 1. The van der Waals surface area contributed by atoms with E-state index in [0.29, 0.717) is 0 Å². The SMILES string of the molecule is Cc1ccnc(N2CCN(c3cccc4[nH]c(=O)[nH]c34)CC2)n1. The number of para-hydroxylation sites is 1. The van der Waals surface area contributed by atoms with Crippen LogP contribution in [0.2, 0.25) is 0 Å². The predicted molar refractivity (Wildman–Crippen MR) is 90.1 cm³/mol. The predicted octanol–water partition coefficient (Wildman–Crippen LogP) is 1.28. The summed E-state index contributed by atoms with van der Waals surface area (Å²) >= 11 is 0. The zero-order valence-electron chi connectivity index (χ0n) is 12.9. The van der Waals surface area contributed by atoms with Crippen LogP contribution in [0, 0.1) is 6.92 Å². The lowest BCUT2D eigenvalue weighted by Gasteiger charge is -2.36. The fourth-order valence-corrected chi connectivity index (χ4v) is 3.04. The molecule has 4 rings (SSSR count). The van der Waals surface area contributed by atoms with Gasteiger partial charge in [0.1, 0.15) is 0 Å². The maximum atomic E-state index is 11.5. The van der Waals surface area contributed by atoms with Crippen LogP contribution >= 0.6 is 0 Å². The normalized spacial score (nSPS) is 15.3. The Hall–Kier alpha value is -2.83. The van der Waals surface area contributed by atoms with E-state index in [4.69, 9.17) is 0 Å². The number of H-pyrrole nitrogens is 2. The van der Waals surface area contributed by atoms with Crippen LogP contribution in [-0.4, -0.2) is 46.1 Å². The van der Waals surface area contributed by atoms with Gasteiger partial charge in [0.15, 0.2) is 0 Å². The summed E-state index contributed by atoms with van der Waals surface area (Å²) in [7, 11) is 0. The Balaban J connectivity index is 1.56. The van der Waals surface area contributed by atoms with Crippen molar-refractivity contribution in [1.29, 1.82) is 0 Å². The highest BCUT2D eigenvalue weighted by Crippen LogP contribution is 2.24. The molecule has 3 aromatic rings. The zero-order chi connectivity index (χ0) is 15.8. The van der Waals surface area contributed by atoms with Gasteiger partial charge in [0.05, 0.1) is 16.7 Å². The molecule has 0 amide bonds. The van der Waals surface area contributed by atoms with E-state index in [0.717, 1.165) is 54.5 Å². The molecular formula is C16H18N6O. The van der Waals surface area contributed by atoms with Crippen LogP contribution < -0.4 is 15.5 Å². The summed E-state index contributed by atoms with van der Waals surface area (Å²) in [5.41, 5.74) is 3.59. The minimum absolute atomic E-state index is 0.167. The summed E-state index contributed by atoms with van der Waals surface area (Å²) in [6, 6.07) is 7.83. The lowest BCUT2D eigenvalue weighted by molar-refractivity contribution is 0.640. The van der Waals surface area contributed by atoms with Crippen LogP contribution in [0.5, 0.6) is 0 Å². The smallest absolute Gasteiger partial charge is 0.323 e. The lowest BCUT2D eigenvalue weighted by atomic mass is 10.2. The number of benzene rings is 1. The molecule has 3 heterocycles. The second-order valence-electron chi connectivity index (χ2n) is 5.75. The lowest BCUT2D eigenvalue weighted by Crippen LogP contribution is -2.47. The van der Waals surface area contributed by atoms with Crippen molar-refractivity contribution < 1.29 is 0 Å². The highest BCUT2D eigenvalue weighted by molar-refractivity contribution is 5.88. The number of piperazine rings is 1. The third kappa shape index (κ3) is 2.54. The quantitative estimate of drug-likeness (QED) is 0.745. The van der Waals surface area contributed by atoms with E-state index in [1.54, 1.807) is 6.20 Å². The van der Waals surface area contributed by atoms with E-state index in [-0.39, 0.29) is 5.69 Å². The average molecular weight is 310 g/mol. The molecule has 2 N–H and O–H groups in total. The Bertz CT molecular complexity index is 891. The summed E-state index contributed by atoms with van der Waals surface area (Å²) in [6.45, 7) is 5.42. The average Bonchev–Trinajstić information content (AvgIpc) is 2.95. The van der Waals surface area contributed by atoms with Gasteiger partial charge in [-0.05, 0) is 25.1 Å². The van der Waals surface area contributed by atoms with Crippen molar-refractivity contribution in [2.24, 2.45) is 0 Å². The molecule has 118 valence electrons. The van der Waals surface area contributed by atoms with E-state index in [9.17, 15) is 4.79 Å². The maximum Gasteiger partial charge on any atom is 0.323 e. The van der Waals surface area contributed by atoms with Crippen LogP contribution in [0.4, 0.5) is 11.6 Å². The van der Waals surface area contributed by atoms with E-state index in [1.165, 1.54) is 0 Å². The molecule has 0 bridgehead atoms. The van der Waals surface area contributed by atoms with E-state index < -0.39 is 0 Å². The van der Waals surface area contributed by atoms with Gasteiger partial charge < -0.3 is 19.8 Å². The number of nitrogens with zero attached hydrogens (tertiary/aromatic N) is 4. The molecule has 1 saturated heterocycles. The Morgan fingerprint density at radius 1 is 1.04 bits per heavy atom. The maximum absolute atomic E-state index is 11.5. The van der Waals surface area contributed by atoms with Crippen LogP contribution in [0.25, 0.3) is 11.0 Å². The van der Waals surface area contributed by atoms with Crippen molar-refractivity contribution in [3.8, 4) is 0 Å². The highest BCUT2D eigenvalue weighted by Gasteiger charge is 2.21. The Morgan fingerprint density at radius 3 is 2.61 bits per heavy atom. The largest absolute Gasteiger partial charge is 0.366 e. The van der Waals surface area contributed by atoms with Gasteiger partial charge in [-0.25, -0.2) is 14.8 Å². The van der Waals surface area contributed by atoms with Crippen molar-refractivity contribution in [1.82, 2.24) is 19.9 Å². The first-order valence-electron chi connectivity index (χ1n) is 7.71. The van der Waals surface area contributed by atoms with Crippen molar-refractivity contribution in [2.45, 2.75) is 6.92 Å². The molecule has 0 aliphatic carbocycles. The molecule has 23 heavy (non-hydrogen) atoms. The van der Waals surface area contributed by atoms with Gasteiger partial charge in [-0.15, -0.1) is 0 Å². The topological polar surface area (TPSA) is 80.9 Å². The summed E-state index contributed by atoms with van der Waals surface area (Å²) in [5, 5.41) is 0. The number of nitrogens with one attached hydrogen (secondary N) is 2. The standard InChI is InChI=1S/C16H18N6O/c1-11-5-6-17-15(18-11)22-9-7-21(8-10-22)13-4-2-3-12-14(13)20-16(23)19-12/h2-6H,7-10H2,1H3,(H2,19,20,23). The van der Waals surface area contributed by atoms with E-state index >= 15 is 0 Å². The zero-order valence-corrected chi connectivity index (χ0v) is 12.9. The first kappa shape index (κ1) is 13.8. The molecule has 7 nitrogen and oxygen atoms in total. The molecule has 1 aromatic carbocycles. The van der Waals surface area contributed by atoms with E-state index in [2.05, 4.69) is 29.7 Å². The number of fused-ring (bicyclic) bond motifs is 1. The van der Waals surface area contributed by atoms with Gasteiger partial charge in [-0.3, -0.25) is 0 Å². The van der Waals surface area contributed by atoms with Gasteiger partial charge in [0, 0.05) is 38.1 Å². The van der Waals surface area contributed by atoms with Crippen molar-refractivity contribution in [2.75, 3.05) is 36.0 Å². The van der Waals surface area contributed by atoms with Gasteiger partial charge in [0.25, 0.3) is 0 Å². The van der Waals surface area contributed by atoms with Crippen LogP contribution in [-0.2, 0) is 0 Å². The Labute approximate surface area is 133 Å². The fraction of sp³-hybridized carbons (Fsp3) is 0.312. The number of aryl methyl sites for hydroxylation is 1. The number of rotatable bonds is 2. The molecule has 0 atom stereocenters. The third-order valence-corrected chi connectivity index (χ3v) is 4.21. The second kappa shape index (κ2) is 5.42. The highest BCUT2D eigenvalue weighted by atomic mass is 16.1.